The van der Waals surface area contributed by atoms with Crippen LogP contribution in [0.2, 0.25) is 0 Å². The molecule has 0 radical (unpaired) electrons. The molecule has 1 heterocycles. The summed E-state index contributed by atoms with van der Waals surface area (Å²) in [7, 11) is 0. The maximum Gasteiger partial charge on any atom is 0.303 e. The van der Waals surface area contributed by atoms with Crippen LogP contribution in [-0.2, 0) is 11.2 Å². The van der Waals surface area contributed by atoms with Crippen LogP contribution in [-0.4, -0.2) is 16.1 Å². The standard InChI is InChI=1S/C22H27NO2/c24-22(25)13-7-5-3-1-2-4-6-10-17-14-15-21-19(16-17)18-11-8-9-12-20(18)23-21/h8-9,11-12,14-16,23H,1-7,10,13H2,(H,24,25). The number of aliphatic carboxylic acids is 1. The number of carbonyl (C=O) groups is 1. The topological polar surface area (TPSA) is 53.1 Å². The number of nitrogens with one attached hydrogen (secondary N) is 1. The van der Waals surface area contributed by atoms with Crippen LogP contribution in [0.5, 0.6) is 0 Å². The molecule has 0 atom stereocenters. The molecular weight excluding hydrogens is 310 g/mol. The van der Waals surface area contributed by atoms with E-state index < -0.39 is 5.97 Å². The number of unbranched alkanes of at least 4 members (excludes halogenated alkanes) is 6. The summed E-state index contributed by atoms with van der Waals surface area (Å²) in [5.41, 5.74) is 3.84. The minimum atomic E-state index is -0.674. The number of H-pyrrole nitrogens is 1. The summed E-state index contributed by atoms with van der Waals surface area (Å²) in [6.45, 7) is 0. The summed E-state index contributed by atoms with van der Waals surface area (Å²) in [6.07, 6.45) is 9.43. The number of fused-ring (bicyclic) bond motifs is 3. The second-order valence-corrected chi connectivity index (χ2v) is 6.92. The molecule has 132 valence electrons. The third-order valence-corrected chi connectivity index (χ3v) is 4.93. The molecule has 0 saturated carbocycles. The Balaban J connectivity index is 1.41. The van der Waals surface area contributed by atoms with Gasteiger partial charge >= 0.3 is 5.97 Å². The highest BCUT2D eigenvalue weighted by molar-refractivity contribution is 6.07. The quantitative estimate of drug-likeness (QED) is 0.441. The van der Waals surface area contributed by atoms with Crippen molar-refractivity contribution in [3.8, 4) is 0 Å². The Morgan fingerprint density at radius 1 is 0.800 bits per heavy atom. The summed E-state index contributed by atoms with van der Waals surface area (Å²) in [5, 5.41) is 11.2. The average Bonchev–Trinajstić information content (AvgIpc) is 2.98. The fourth-order valence-corrected chi connectivity index (χ4v) is 3.54. The zero-order chi connectivity index (χ0) is 17.5. The molecule has 0 spiro atoms. The molecule has 2 aromatic carbocycles. The van der Waals surface area contributed by atoms with Gasteiger partial charge in [0.15, 0.2) is 0 Å². The molecule has 0 fully saturated rings. The molecule has 25 heavy (non-hydrogen) atoms. The summed E-state index contributed by atoms with van der Waals surface area (Å²) < 4.78 is 0. The number of carboxylic acid groups (broad SMARTS) is 1. The fraction of sp³-hybridized carbons (Fsp3) is 0.409. The first-order valence-electron chi connectivity index (χ1n) is 9.45. The monoisotopic (exact) mass is 337 g/mol. The third-order valence-electron chi connectivity index (χ3n) is 4.93. The number of aromatic amines is 1. The number of hydrogen-bond acceptors (Lipinski definition) is 1. The van der Waals surface area contributed by atoms with Crippen LogP contribution in [0.25, 0.3) is 21.8 Å². The van der Waals surface area contributed by atoms with Crippen molar-refractivity contribution in [2.45, 2.75) is 57.8 Å². The third kappa shape index (κ3) is 4.85. The van der Waals surface area contributed by atoms with Gasteiger partial charge in [0.1, 0.15) is 0 Å². The number of carboxylic acids is 1. The number of rotatable bonds is 10. The van der Waals surface area contributed by atoms with E-state index in [0.29, 0.717) is 6.42 Å². The molecule has 0 aliphatic heterocycles. The highest BCUT2D eigenvalue weighted by atomic mass is 16.4. The van der Waals surface area contributed by atoms with Crippen molar-refractivity contribution in [1.29, 1.82) is 0 Å². The molecule has 2 N–H and O–H groups in total. The molecular formula is C22H27NO2. The van der Waals surface area contributed by atoms with Crippen LogP contribution >= 0.6 is 0 Å². The van der Waals surface area contributed by atoms with Gasteiger partial charge in [0.25, 0.3) is 0 Å². The van der Waals surface area contributed by atoms with E-state index in [0.717, 1.165) is 25.7 Å². The SMILES string of the molecule is O=C(O)CCCCCCCCCc1ccc2[nH]c3ccccc3c2c1. The first-order valence-corrected chi connectivity index (χ1v) is 9.45. The van der Waals surface area contributed by atoms with Crippen molar-refractivity contribution >= 4 is 27.8 Å². The van der Waals surface area contributed by atoms with E-state index in [-0.39, 0.29) is 0 Å². The lowest BCUT2D eigenvalue weighted by Gasteiger charge is -2.03. The van der Waals surface area contributed by atoms with Crippen LogP contribution in [0.4, 0.5) is 0 Å². The minimum Gasteiger partial charge on any atom is -0.481 e. The predicted octanol–water partition coefficient (Wildman–Crippen LogP) is 6.07. The van der Waals surface area contributed by atoms with E-state index in [2.05, 4.69) is 47.4 Å². The fourth-order valence-electron chi connectivity index (χ4n) is 3.54. The lowest BCUT2D eigenvalue weighted by atomic mass is 10.0. The largest absolute Gasteiger partial charge is 0.481 e. The van der Waals surface area contributed by atoms with Gasteiger partial charge in [-0.25, -0.2) is 0 Å². The van der Waals surface area contributed by atoms with Gasteiger partial charge in [-0.05, 0) is 43.0 Å². The molecule has 0 saturated heterocycles. The second-order valence-electron chi connectivity index (χ2n) is 6.92. The van der Waals surface area contributed by atoms with Crippen LogP contribution in [0, 0.1) is 0 Å². The van der Waals surface area contributed by atoms with E-state index in [1.165, 1.54) is 53.1 Å². The summed E-state index contributed by atoms with van der Waals surface area (Å²) in [5.74, 6) is -0.674. The molecule has 3 aromatic rings. The zero-order valence-electron chi connectivity index (χ0n) is 14.8. The minimum absolute atomic E-state index is 0.316. The van der Waals surface area contributed by atoms with E-state index >= 15 is 0 Å². The van der Waals surface area contributed by atoms with Crippen LogP contribution < -0.4 is 0 Å². The predicted molar refractivity (Wildman–Crippen MR) is 104 cm³/mol. The van der Waals surface area contributed by atoms with E-state index in [4.69, 9.17) is 5.11 Å². The number of para-hydroxylation sites is 1. The first-order chi connectivity index (χ1) is 12.2. The molecule has 1 aromatic heterocycles. The Labute approximate surface area is 149 Å². The zero-order valence-corrected chi connectivity index (χ0v) is 14.8. The number of aromatic nitrogens is 1. The second kappa shape index (κ2) is 8.70. The molecule has 0 unspecified atom stereocenters. The molecule has 0 aliphatic rings. The lowest BCUT2D eigenvalue weighted by Crippen LogP contribution is -1.93. The molecule has 3 rings (SSSR count). The molecule has 3 heteroatoms. The van der Waals surface area contributed by atoms with Gasteiger partial charge in [-0.15, -0.1) is 0 Å². The van der Waals surface area contributed by atoms with E-state index in [9.17, 15) is 4.79 Å². The van der Waals surface area contributed by atoms with Gasteiger partial charge in [-0.1, -0.05) is 56.4 Å². The van der Waals surface area contributed by atoms with Crippen molar-refractivity contribution in [3.05, 3.63) is 48.0 Å². The maximum atomic E-state index is 10.4. The highest BCUT2D eigenvalue weighted by Gasteiger charge is 2.04. The van der Waals surface area contributed by atoms with Crippen molar-refractivity contribution in [2.75, 3.05) is 0 Å². The highest BCUT2D eigenvalue weighted by Crippen LogP contribution is 2.26. The van der Waals surface area contributed by atoms with Crippen LogP contribution in [0.15, 0.2) is 42.5 Å². The Morgan fingerprint density at radius 2 is 1.48 bits per heavy atom. The van der Waals surface area contributed by atoms with Gasteiger partial charge in [-0.3, -0.25) is 4.79 Å². The van der Waals surface area contributed by atoms with Gasteiger partial charge in [-0.2, -0.15) is 0 Å². The van der Waals surface area contributed by atoms with E-state index in [1.807, 2.05) is 0 Å². The smallest absolute Gasteiger partial charge is 0.303 e. The normalized spacial score (nSPS) is 11.4. The average molecular weight is 337 g/mol. The Morgan fingerprint density at radius 3 is 2.28 bits per heavy atom. The Hall–Kier alpha value is -2.29. The number of aryl methyl sites for hydroxylation is 1. The molecule has 3 nitrogen and oxygen atoms in total. The molecule has 0 aliphatic carbocycles. The summed E-state index contributed by atoms with van der Waals surface area (Å²) in [4.78, 5) is 13.9. The van der Waals surface area contributed by atoms with Gasteiger partial charge < -0.3 is 10.1 Å². The number of benzene rings is 2. The van der Waals surface area contributed by atoms with Crippen molar-refractivity contribution < 1.29 is 9.90 Å². The van der Waals surface area contributed by atoms with Crippen molar-refractivity contribution in [2.24, 2.45) is 0 Å². The van der Waals surface area contributed by atoms with E-state index in [1.54, 1.807) is 0 Å². The van der Waals surface area contributed by atoms with Crippen molar-refractivity contribution in [3.63, 3.8) is 0 Å². The van der Waals surface area contributed by atoms with Crippen LogP contribution in [0.3, 0.4) is 0 Å². The maximum absolute atomic E-state index is 10.4. The van der Waals surface area contributed by atoms with Crippen LogP contribution in [0.1, 0.15) is 56.9 Å². The van der Waals surface area contributed by atoms with Crippen molar-refractivity contribution in [1.82, 2.24) is 4.98 Å². The van der Waals surface area contributed by atoms with Gasteiger partial charge in [0, 0.05) is 28.2 Å². The van der Waals surface area contributed by atoms with Gasteiger partial charge in [0.05, 0.1) is 0 Å². The Bertz CT molecular complexity index is 834. The summed E-state index contributed by atoms with van der Waals surface area (Å²) in [6, 6.07) is 15.3. The molecule has 0 bridgehead atoms. The molecule has 0 amide bonds. The lowest BCUT2D eigenvalue weighted by molar-refractivity contribution is -0.137. The first kappa shape index (κ1) is 17.5. The number of hydrogen-bond donors (Lipinski definition) is 2. The summed E-state index contributed by atoms with van der Waals surface area (Å²) >= 11 is 0. The Kier molecular flexibility index (Phi) is 6.10. The van der Waals surface area contributed by atoms with Gasteiger partial charge in [0.2, 0.25) is 0 Å².